The van der Waals surface area contributed by atoms with Gasteiger partial charge in [0.1, 0.15) is 11.6 Å². The van der Waals surface area contributed by atoms with E-state index in [1.165, 1.54) is 0 Å². The average molecular weight is 193 g/mol. The molecule has 0 radical (unpaired) electrons. The normalized spacial score (nSPS) is 17.1. The van der Waals surface area contributed by atoms with Crippen molar-refractivity contribution in [1.29, 1.82) is 0 Å². The van der Waals surface area contributed by atoms with Crippen molar-refractivity contribution in [2.75, 3.05) is 36.9 Å². The second kappa shape index (κ2) is 3.84. The van der Waals surface area contributed by atoms with Gasteiger partial charge < -0.3 is 15.4 Å². The summed E-state index contributed by atoms with van der Waals surface area (Å²) in [6.45, 7) is 5.37. The van der Waals surface area contributed by atoms with Crippen molar-refractivity contribution in [3.8, 4) is 0 Å². The Labute approximate surface area is 83.7 Å². The fraction of sp³-hybridized carbons (Fsp3) is 0.500. The van der Waals surface area contributed by atoms with Gasteiger partial charge in [-0.05, 0) is 24.6 Å². The number of morpholine rings is 1. The first-order valence-electron chi connectivity index (χ1n) is 4.82. The topological polar surface area (TPSA) is 51.4 Å². The number of aryl methyl sites for hydroxylation is 1. The molecule has 0 aliphatic carbocycles. The maximum Gasteiger partial charge on any atom is 0.131 e. The van der Waals surface area contributed by atoms with Crippen LogP contribution in [-0.4, -0.2) is 31.3 Å². The van der Waals surface area contributed by atoms with Gasteiger partial charge in [-0.15, -0.1) is 0 Å². The summed E-state index contributed by atoms with van der Waals surface area (Å²) < 4.78 is 5.28. The molecule has 1 saturated heterocycles. The highest BCUT2D eigenvalue weighted by atomic mass is 16.5. The zero-order chi connectivity index (χ0) is 9.97. The fourth-order valence-corrected chi connectivity index (χ4v) is 1.63. The smallest absolute Gasteiger partial charge is 0.131 e. The van der Waals surface area contributed by atoms with Gasteiger partial charge in [-0.2, -0.15) is 0 Å². The van der Waals surface area contributed by atoms with Crippen molar-refractivity contribution in [3.63, 3.8) is 0 Å². The number of nitrogen functional groups attached to an aromatic ring is 1. The molecule has 0 unspecified atom stereocenters. The number of ether oxygens (including phenoxy) is 1. The number of nitrogens with two attached hydrogens (primary N) is 1. The number of rotatable bonds is 1. The molecule has 2 rings (SSSR count). The number of anilines is 2. The molecule has 14 heavy (non-hydrogen) atoms. The summed E-state index contributed by atoms with van der Waals surface area (Å²) >= 11 is 0. The van der Waals surface area contributed by atoms with Gasteiger partial charge in [0.2, 0.25) is 0 Å². The Bertz CT molecular complexity index is 301. The van der Waals surface area contributed by atoms with Gasteiger partial charge in [0.05, 0.1) is 13.2 Å². The van der Waals surface area contributed by atoms with Gasteiger partial charge in [-0.3, -0.25) is 0 Å². The van der Waals surface area contributed by atoms with Crippen molar-refractivity contribution in [2.45, 2.75) is 6.92 Å². The predicted molar refractivity (Wildman–Crippen MR) is 56.4 cm³/mol. The Morgan fingerprint density at radius 3 is 2.71 bits per heavy atom. The summed E-state index contributed by atoms with van der Waals surface area (Å²) in [4.78, 5) is 6.51. The van der Waals surface area contributed by atoms with Crippen LogP contribution in [0.4, 0.5) is 11.6 Å². The summed E-state index contributed by atoms with van der Waals surface area (Å²) in [6.07, 6.45) is 0. The molecule has 1 fully saturated rings. The van der Waals surface area contributed by atoms with Gasteiger partial charge in [-0.25, -0.2) is 4.98 Å². The summed E-state index contributed by atoms with van der Waals surface area (Å²) in [5.41, 5.74) is 6.85. The predicted octanol–water partition coefficient (Wildman–Crippen LogP) is 0.809. The van der Waals surface area contributed by atoms with E-state index in [4.69, 9.17) is 10.5 Å². The molecule has 0 atom stereocenters. The van der Waals surface area contributed by atoms with Gasteiger partial charge in [0.15, 0.2) is 0 Å². The van der Waals surface area contributed by atoms with Crippen LogP contribution < -0.4 is 10.6 Å². The number of aromatic nitrogens is 1. The van der Waals surface area contributed by atoms with E-state index < -0.39 is 0 Å². The average Bonchev–Trinajstić information content (AvgIpc) is 2.18. The van der Waals surface area contributed by atoms with Crippen molar-refractivity contribution < 1.29 is 4.74 Å². The Hall–Kier alpha value is -1.29. The minimum absolute atomic E-state index is 0.589. The maximum atomic E-state index is 5.70. The van der Waals surface area contributed by atoms with E-state index in [9.17, 15) is 0 Å². The van der Waals surface area contributed by atoms with Crippen LogP contribution in [0, 0.1) is 6.92 Å². The molecule has 1 aromatic heterocycles. The van der Waals surface area contributed by atoms with Crippen LogP contribution >= 0.6 is 0 Å². The quantitative estimate of drug-likeness (QED) is 0.717. The summed E-state index contributed by atoms with van der Waals surface area (Å²) in [5.74, 6) is 1.55. The highest BCUT2D eigenvalue weighted by Crippen LogP contribution is 2.16. The van der Waals surface area contributed by atoms with Crippen LogP contribution in [0.3, 0.4) is 0 Å². The fourth-order valence-electron chi connectivity index (χ4n) is 1.63. The number of nitrogens with zero attached hydrogens (tertiary/aromatic N) is 2. The lowest BCUT2D eigenvalue weighted by Crippen LogP contribution is -2.36. The highest BCUT2D eigenvalue weighted by Gasteiger charge is 2.12. The molecule has 1 aromatic rings. The van der Waals surface area contributed by atoms with Crippen LogP contribution in [0.15, 0.2) is 12.1 Å². The molecule has 4 nitrogen and oxygen atoms in total. The van der Waals surface area contributed by atoms with Gasteiger partial charge in [0.25, 0.3) is 0 Å². The molecule has 1 aliphatic rings. The monoisotopic (exact) mass is 193 g/mol. The zero-order valence-corrected chi connectivity index (χ0v) is 8.36. The van der Waals surface area contributed by atoms with E-state index in [0.717, 1.165) is 37.7 Å². The van der Waals surface area contributed by atoms with Crippen molar-refractivity contribution in [3.05, 3.63) is 17.7 Å². The van der Waals surface area contributed by atoms with E-state index in [1.54, 1.807) is 0 Å². The molecular formula is C10H15N3O. The molecule has 0 spiro atoms. The Morgan fingerprint density at radius 2 is 2.07 bits per heavy atom. The molecule has 1 aliphatic heterocycles. The minimum Gasteiger partial charge on any atom is -0.384 e. The van der Waals surface area contributed by atoms with Crippen LogP contribution in [0.1, 0.15) is 5.56 Å². The first kappa shape index (κ1) is 9.27. The lowest BCUT2D eigenvalue weighted by Gasteiger charge is -2.28. The standard InChI is InChI=1S/C10H15N3O/c1-8-6-9(11)12-10(7-8)13-2-4-14-5-3-13/h6-7H,2-5H2,1H3,(H2,11,12). The largest absolute Gasteiger partial charge is 0.384 e. The van der Waals surface area contributed by atoms with Crippen LogP contribution in [0.2, 0.25) is 0 Å². The molecule has 0 amide bonds. The van der Waals surface area contributed by atoms with Gasteiger partial charge in [-0.1, -0.05) is 0 Å². The second-order valence-corrected chi connectivity index (χ2v) is 3.53. The van der Waals surface area contributed by atoms with Crippen LogP contribution in [-0.2, 0) is 4.74 Å². The second-order valence-electron chi connectivity index (χ2n) is 3.53. The highest BCUT2D eigenvalue weighted by molar-refractivity contribution is 5.48. The summed E-state index contributed by atoms with van der Waals surface area (Å²) in [6, 6.07) is 3.94. The molecule has 4 heteroatoms. The first-order chi connectivity index (χ1) is 6.75. The van der Waals surface area contributed by atoms with Crippen LogP contribution in [0.5, 0.6) is 0 Å². The van der Waals surface area contributed by atoms with Crippen molar-refractivity contribution in [2.24, 2.45) is 0 Å². The summed E-state index contributed by atoms with van der Waals surface area (Å²) in [7, 11) is 0. The Kier molecular flexibility index (Phi) is 2.54. The molecule has 76 valence electrons. The lowest BCUT2D eigenvalue weighted by molar-refractivity contribution is 0.122. The van der Waals surface area contributed by atoms with Gasteiger partial charge in [0, 0.05) is 13.1 Å². The number of pyridine rings is 1. The van der Waals surface area contributed by atoms with Crippen molar-refractivity contribution in [1.82, 2.24) is 4.98 Å². The zero-order valence-electron chi connectivity index (χ0n) is 8.36. The summed E-state index contributed by atoms with van der Waals surface area (Å²) in [5, 5.41) is 0. The SMILES string of the molecule is Cc1cc(N)nc(N2CCOCC2)c1. The first-order valence-corrected chi connectivity index (χ1v) is 4.82. The number of hydrogen-bond donors (Lipinski definition) is 1. The van der Waals surface area contributed by atoms with E-state index in [-0.39, 0.29) is 0 Å². The molecule has 0 saturated carbocycles. The molecule has 0 aromatic carbocycles. The van der Waals surface area contributed by atoms with E-state index in [0.29, 0.717) is 5.82 Å². The molecular weight excluding hydrogens is 178 g/mol. The minimum atomic E-state index is 0.589. The molecule has 2 heterocycles. The number of hydrogen-bond acceptors (Lipinski definition) is 4. The Balaban J connectivity index is 2.21. The maximum absolute atomic E-state index is 5.70. The lowest BCUT2D eigenvalue weighted by atomic mass is 10.2. The van der Waals surface area contributed by atoms with E-state index in [1.807, 2.05) is 13.0 Å². The van der Waals surface area contributed by atoms with E-state index in [2.05, 4.69) is 16.0 Å². The third kappa shape index (κ3) is 1.96. The molecule has 0 bridgehead atoms. The molecule has 2 N–H and O–H groups in total. The van der Waals surface area contributed by atoms with Gasteiger partial charge >= 0.3 is 0 Å². The van der Waals surface area contributed by atoms with Crippen molar-refractivity contribution >= 4 is 11.6 Å². The third-order valence-electron chi connectivity index (χ3n) is 2.31. The van der Waals surface area contributed by atoms with E-state index >= 15 is 0 Å². The third-order valence-corrected chi connectivity index (χ3v) is 2.31. The Morgan fingerprint density at radius 1 is 1.36 bits per heavy atom. The van der Waals surface area contributed by atoms with Crippen LogP contribution in [0.25, 0.3) is 0 Å².